The number of aromatic nitrogens is 2. The van der Waals surface area contributed by atoms with Gasteiger partial charge in [-0.05, 0) is 48.0 Å². The van der Waals surface area contributed by atoms with E-state index in [1.807, 2.05) is 6.07 Å². The van der Waals surface area contributed by atoms with Crippen LogP contribution in [0.5, 0.6) is 0 Å². The highest BCUT2D eigenvalue weighted by Gasteiger charge is 2.12. The van der Waals surface area contributed by atoms with E-state index in [-0.39, 0.29) is 17.9 Å². The number of hydrogen-bond acceptors (Lipinski definition) is 3. The Kier molecular flexibility index (Phi) is 5.13. The minimum Gasteiger partial charge on any atom is -0.478 e. The zero-order valence-electron chi connectivity index (χ0n) is 15.6. The van der Waals surface area contributed by atoms with Crippen LogP contribution >= 0.6 is 0 Å². The van der Waals surface area contributed by atoms with Crippen molar-refractivity contribution in [2.45, 2.75) is 6.54 Å². The number of carbonyl (C=O) groups is 2. The van der Waals surface area contributed by atoms with Crippen LogP contribution in [0.1, 0.15) is 15.9 Å². The van der Waals surface area contributed by atoms with Crippen LogP contribution < -0.4 is 10.6 Å². The monoisotopic (exact) mass is 404 g/mol. The van der Waals surface area contributed by atoms with Gasteiger partial charge >= 0.3 is 12.0 Å². The third kappa shape index (κ3) is 4.12. The van der Waals surface area contributed by atoms with E-state index in [1.54, 1.807) is 42.5 Å². The predicted molar refractivity (Wildman–Crippen MR) is 111 cm³/mol. The Balaban J connectivity index is 1.50. The van der Waals surface area contributed by atoms with Crippen LogP contribution in [0.2, 0.25) is 0 Å². The molecule has 4 rings (SSSR count). The van der Waals surface area contributed by atoms with Crippen LogP contribution in [0.15, 0.2) is 66.7 Å². The number of carboxylic acids is 1. The lowest BCUT2D eigenvalue weighted by Crippen LogP contribution is -2.28. The Morgan fingerprint density at radius 1 is 1.03 bits per heavy atom. The van der Waals surface area contributed by atoms with Gasteiger partial charge < -0.3 is 15.7 Å². The van der Waals surface area contributed by atoms with Gasteiger partial charge in [-0.15, -0.1) is 0 Å². The summed E-state index contributed by atoms with van der Waals surface area (Å²) in [5, 5.41) is 22.5. The summed E-state index contributed by atoms with van der Waals surface area (Å²) in [5.41, 5.74) is 3.51. The largest absolute Gasteiger partial charge is 0.478 e. The highest BCUT2D eigenvalue weighted by molar-refractivity contribution is 5.99. The second-order valence-corrected chi connectivity index (χ2v) is 6.65. The lowest BCUT2D eigenvalue weighted by atomic mass is 10.1. The number of aromatic carboxylic acids is 1. The van der Waals surface area contributed by atoms with Gasteiger partial charge in [-0.2, -0.15) is 5.10 Å². The van der Waals surface area contributed by atoms with Crippen molar-refractivity contribution in [3.8, 4) is 11.3 Å². The van der Waals surface area contributed by atoms with Gasteiger partial charge in [0.15, 0.2) is 0 Å². The molecule has 0 aliphatic rings. The number of H-pyrrole nitrogens is 1. The number of nitrogens with one attached hydrogen (secondary N) is 3. The molecule has 1 heterocycles. The number of aromatic amines is 1. The maximum Gasteiger partial charge on any atom is 0.335 e. The van der Waals surface area contributed by atoms with Gasteiger partial charge in [0.05, 0.1) is 16.8 Å². The number of carbonyl (C=O) groups excluding carboxylic acids is 1. The molecule has 2 amide bonds. The Morgan fingerprint density at radius 3 is 2.60 bits per heavy atom. The number of hydrogen-bond donors (Lipinski definition) is 4. The normalized spacial score (nSPS) is 10.7. The summed E-state index contributed by atoms with van der Waals surface area (Å²) >= 11 is 0. The first-order valence-corrected chi connectivity index (χ1v) is 9.11. The van der Waals surface area contributed by atoms with E-state index < -0.39 is 12.0 Å². The fourth-order valence-corrected chi connectivity index (χ4v) is 3.07. The van der Waals surface area contributed by atoms with Crippen LogP contribution in [0.25, 0.3) is 22.2 Å². The molecule has 0 aliphatic heterocycles. The van der Waals surface area contributed by atoms with Gasteiger partial charge in [0.2, 0.25) is 0 Å². The maximum absolute atomic E-state index is 13.0. The van der Waals surface area contributed by atoms with E-state index in [9.17, 15) is 19.1 Å². The van der Waals surface area contributed by atoms with E-state index in [0.717, 1.165) is 11.1 Å². The van der Waals surface area contributed by atoms with Crippen molar-refractivity contribution in [1.29, 1.82) is 0 Å². The Labute approximate surface area is 170 Å². The summed E-state index contributed by atoms with van der Waals surface area (Å²) in [5.74, 6) is -1.35. The number of amides is 2. The standard InChI is InChI=1S/C22H17FN4O3/c23-16-7-4-13(5-8-16)12-24-22(30)25-17-3-1-2-14(10-17)20-18-11-15(21(28)29)6-9-19(18)26-27-20/h1-11H,12H2,(H,26,27)(H,28,29)(H2,24,25,30). The second kappa shape index (κ2) is 8.04. The summed E-state index contributed by atoms with van der Waals surface area (Å²) in [6.45, 7) is 0.258. The number of rotatable bonds is 5. The predicted octanol–water partition coefficient (Wildman–Crippen LogP) is 4.39. The van der Waals surface area contributed by atoms with Crippen molar-refractivity contribution >= 4 is 28.6 Å². The van der Waals surface area contributed by atoms with E-state index in [2.05, 4.69) is 20.8 Å². The molecule has 0 spiro atoms. The number of fused-ring (bicyclic) bond motifs is 1. The average molecular weight is 404 g/mol. The number of halogens is 1. The molecule has 4 aromatic rings. The number of carboxylic acid groups (broad SMARTS) is 1. The maximum atomic E-state index is 13.0. The van der Waals surface area contributed by atoms with Crippen molar-refractivity contribution in [2.75, 3.05) is 5.32 Å². The van der Waals surface area contributed by atoms with Gasteiger partial charge in [0.1, 0.15) is 5.82 Å². The topological polar surface area (TPSA) is 107 Å². The molecule has 30 heavy (non-hydrogen) atoms. The van der Waals surface area contributed by atoms with Crippen molar-refractivity contribution in [3.05, 3.63) is 83.7 Å². The first-order chi connectivity index (χ1) is 14.5. The molecule has 150 valence electrons. The molecule has 0 radical (unpaired) electrons. The van der Waals surface area contributed by atoms with Crippen LogP contribution in [-0.4, -0.2) is 27.3 Å². The molecule has 0 aliphatic carbocycles. The lowest BCUT2D eigenvalue weighted by molar-refractivity contribution is 0.0697. The van der Waals surface area contributed by atoms with Crippen molar-refractivity contribution in [3.63, 3.8) is 0 Å². The van der Waals surface area contributed by atoms with E-state index in [0.29, 0.717) is 22.3 Å². The molecular weight excluding hydrogens is 387 g/mol. The molecule has 0 saturated heterocycles. The zero-order valence-corrected chi connectivity index (χ0v) is 15.6. The van der Waals surface area contributed by atoms with E-state index in [1.165, 1.54) is 18.2 Å². The van der Waals surface area contributed by atoms with E-state index in [4.69, 9.17) is 0 Å². The fourth-order valence-electron chi connectivity index (χ4n) is 3.07. The second-order valence-electron chi connectivity index (χ2n) is 6.65. The van der Waals surface area contributed by atoms with Gasteiger partial charge in [0.25, 0.3) is 0 Å². The lowest BCUT2D eigenvalue weighted by Gasteiger charge is -2.09. The molecule has 3 aromatic carbocycles. The Bertz CT molecular complexity index is 1230. The van der Waals surface area contributed by atoms with Gasteiger partial charge in [-0.25, -0.2) is 14.0 Å². The summed E-state index contributed by atoms with van der Waals surface area (Å²) < 4.78 is 13.0. The SMILES string of the molecule is O=C(NCc1ccc(F)cc1)Nc1cccc(-c2n[nH]c3ccc(C(=O)O)cc23)c1. The van der Waals surface area contributed by atoms with Crippen LogP contribution in [-0.2, 0) is 6.54 Å². The van der Waals surface area contributed by atoms with Crippen molar-refractivity contribution in [1.82, 2.24) is 15.5 Å². The number of benzene rings is 3. The first kappa shape index (κ1) is 19.1. The Hall–Kier alpha value is -4.20. The third-order valence-corrected chi connectivity index (χ3v) is 4.57. The first-order valence-electron chi connectivity index (χ1n) is 9.11. The molecule has 0 bridgehead atoms. The molecule has 0 fully saturated rings. The number of anilines is 1. The highest BCUT2D eigenvalue weighted by atomic mass is 19.1. The van der Waals surface area contributed by atoms with Crippen molar-refractivity contribution in [2.24, 2.45) is 0 Å². The zero-order chi connectivity index (χ0) is 21.1. The molecule has 0 saturated carbocycles. The molecule has 0 unspecified atom stereocenters. The molecular formula is C22H17FN4O3. The van der Waals surface area contributed by atoms with Crippen molar-refractivity contribution < 1.29 is 19.1 Å². The summed E-state index contributed by atoms with van der Waals surface area (Å²) in [6, 6.07) is 17.3. The third-order valence-electron chi connectivity index (χ3n) is 4.57. The molecule has 7 nitrogen and oxygen atoms in total. The smallest absolute Gasteiger partial charge is 0.335 e. The number of nitrogens with zero attached hydrogens (tertiary/aromatic N) is 1. The minimum absolute atomic E-state index is 0.166. The number of urea groups is 1. The molecule has 0 atom stereocenters. The van der Waals surface area contributed by atoms with E-state index >= 15 is 0 Å². The summed E-state index contributed by atoms with van der Waals surface area (Å²) in [6.07, 6.45) is 0. The average Bonchev–Trinajstić information content (AvgIpc) is 3.17. The summed E-state index contributed by atoms with van der Waals surface area (Å²) in [7, 11) is 0. The fraction of sp³-hybridized carbons (Fsp3) is 0.0455. The Morgan fingerprint density at radius 2 is 1.83 bits per heavy atom. The molecule has 4 N–H and O–H groups in total. The van der Waals surface area contributed by atoms with Gasteiger partial charge in [-0.3, -0.25) is 5.10 Å². The van der Waals surface area contributed by atoms with Crippen LogP contribution in [0.3, 0.4) is 0 Å². The van der Waals surface area contributed by atoms with Crippen LogP contribution in [0, 0.1) is 5.82 Å². The van der Waals surface area contributed by atoms with Crippen LogP contribution in [0.4, 0.5) is 14.9 Å². The summed E-state index contributed by atoms with van der Waals surface area (Å²) in [4.78, 5) is 23.5. The minimum atomic E-state index is -1.02. The van der Waals surface area contributed by atoms with Gasteiger partial charge in [0, 0.05) is 23.2 Å². The quantitative estimate of drug-likeness (QED) is 0.396. The highest BCUT2D eigenvalue weighted by Crippen LogP contribution is 2.28. The molecule has 8 heteroatoms. The molecule has 1 aromatic heterocycles. The van der Waals surface area contributed by atoms with Gasteiger partial charge in [-0.1, -0.05) is 24.3 Å².